The fourth-order valence-electron chi connectivity index (χ4n) is 2.84. The van der Waals surface area contributed by atoms with Crippen LogP contribution in [-0.2, 0) is 9.59 Å². The minimum Gasteiger partial charge on any atom is -0.357 e. The molecule has 4 heteroatoms. The Morgan fingerprint density at radius 2 is 2.05 bits per heavy atom. The lowest BCUT2D eigenvalue weighted by Gasteiger charge is -2.20. The average molecular weight is 270 g/mol. The number of Topliss-reactive ketones (excluding diaryl/α,β-unsaturated/α-hetero) is 1. The summed E-state index contributed by atoms with van der Waals surface area (Å²) in [4.78, 5) is 26.8. The third-order valence-electron chi connectivity index (χ3n) is 3.96. The molecule has 104 valence electrons. The van der Waals surface area contributed by atoms with Crippen molar-refractivity contribution in [2.75, 3.05) is 5.32 Å². The topological polar surface area (TPSA) is 62.0 Å². The Hall–Kier alpha value is -2.10. The van der Waals surface area contributed by atoms with Gasteiger partial charge in [-0.25, -0.2) is 0 Å². The van der Waals surface area contributed by atoms with Crippen molar-refractivity contribution in [3.63, 3.8) is 0 Å². The summed E-state index contributed by atoms with van der Waals surface area (Å²) in [5.74, 6) is 0.257. The van der Waals surface area contributed by atoms with Gasteiger partial charge < -0.3 is 10.3 Å². The number of H-pyrrole nitrogens is 1. The van der Waals surface area contributed by atoms with Crippen molar-refractivity contribution in [3.05, 3.63) is 30.0 Å². The molecule has 2 aromatic rings. The number of hydrogen-bond donors (Lipinski definition) is 2. The zero-order valence-corrected chi connectivity index (χ0v) is 11.5. The first-order valence-corrected chi connectivity index (χ1v) is 7.04. The number of aryl methyl sites for hydroxylation is 1. The standard InChI is InChI=1S/C16H18N2O2/c1-10-9-12-3-2-4-14(15(12)17-10)18-16(20)11-5-7-13(19)8-6-11/h2-4,9,11,17H,5-8H2,1H3,(H,18,20). The predicted molar refractivity (Wildman–Crippen MR) is 78.6 cm³/mol. The largest absolute Gasteiger partial charge is 0.357 e. The molecule has 1 saturated carbocycles. The van der Waals surface area contributed by atoms with Gasteiger partial charge in [-0.05, 0) is 31.9 Å². The molecular weight excluding hydrogens is 252 g/mol. The van der Waals surface area contributed by atoms with Crippen LogP contribution in [-0.4, -0.2) is 16.7 Å². The molecule has 0 saturated heterocycles. The van der Waals surface area contributed by atoms with Crippen LogP contribution >= 0.6 is 0 Å². The third kappa shape index (κ3) is 2.46. The fraction of sp³-hybridized carbons (Fsp3) is 0.375. The van der Waals surface area contributed by atoms with Gasteiger partial charge in [0.25, 0.3) is 0 Å². The molecule has 2 N–H and O–H groups in total. The van der Waals surface area contributed by atoms with Gasteiger partial charge in [0.1, 0.15) is 5.78 Å². The number of anilines is 1. The molecule has 1 aliphatic carbocycles. The molecule has 0 aliphatic heterocycles. The molecule has 1 aromatic heterocycles. The van der Waals surface area contributed by atoms with E-state index in [1.54, 1.807) is 0 Å². The Morgan fingerprint density at radius 1 is 1.30 bits per heavy atom. The normalized spacial score (nSPS) is 16.6. The van der Waals surface area contributed by atoms with E-state index in [2.05, 4.69) is 16.4 Å². The SMILES string of the molecule is Cc1cc2cccc(NC(=O)C3CCC(=O)CC3)c2[nH]1. The van der Waals surface area contributed by atoms with Gasteiger partial charge in [0, 0.05) is 29.8 Å². The van der Waals surface area contributed by atoms with Crippen LogP contribution in [0.2, 0.25) is 0 Å². The number of hydrogen-bond acceptors (Lipinski definition) is 2. The van der Waals surface area contributed by atoms with E-state index in [4.69, 9.17) is 0 Å². The highest BCUT2D eigenvalue weighted by atomic mass is 16.2. The third-order valence-corrected chi connectivity index (χ3v) is 3.96. The first-order chi connectivity index (χ1) is 9.63. The lowest BCUT2D eigenvalue weighted by atomic mass is 9.88. The van der Waals surface area contributed by atoms with Crippen LogP contribution in [0.25, 0.3) is 10.9 Å². The highest BCUT2D eigenvalue weighted by molar-refractivity contribution is 6.02. The number of carbonyl (C=O) groups excluding carboxylic acids is 2. The van der Waals surface area contributed by atoms with E-state index in [0.29, 0.717) is 25.7 Å². The summed E-state index contributed by atoms with van der Waals surface area (Å²) in [6, 6.07) is 7.93. The second-order valence-corrected chi connectivity index (χ2v) is 5.52. The summed E-state index contributed by atoms with van der Waals surface area (Å²) < 4.78 is 0. The van der Waals surface area contributed by atoms with Crippen molar-refractivity contribution >= 4 is 28.3 Å². The van der Waals surface area contributed by atoms with Crippen LogP contribution in [0.15, 0.2) is 24.3 Å². The smallest absolute Gasteiger partial charge is 0.227 e. The quantitative estimate of drug-likeness (QED) is 0.880. The van der Waals surface area contributed by atoms with E-state index in [-0.39, 0.29) is 17.6 Å². The van der Waals surface area contributed by atoms with Crippen molar-refractivity contribution < 1.29 is 9.59 Å². The van der Waals surface area contributed by atoms with Crippen LogP contribution in [0.3, 0.4) is 0 Å². The molecule has 20 heavy (non-hydrogen) atoms. The van der Waals surface area contributed by atoms with Gasteiger partial charge in [0.2, 0.25) is 5.91 Å². The maximum atomic E-state index is 12.3. The van der Waals surface area contributed by atoms with Crippen LogP contribution < -0.4 is 5.32 Å². The number of aromatic nitrogens is 1. The number of rotatable bonds is 2. The second-order valence-electron chi connectivity index (χ2n) is 5.52. The molecule has 1 heterocycles. The number of amides is 1. The van der Waals surface area contributed by atoms with E-state index >= 15 is 0 Å². The molecule has 0 radical (unpaired) electrons. The molecule has 1 amide bonds. The van der Waals surface area contributed by atoms with Crippen molar-refractivity contribution in [1.29, 1.82) is 0 Å². The molecule has 1 aliphatic rings. The fourth-order valence-corrected chi connectivity index (χ4v) is 2.84. The van der Waals surface area contributed by atoms with E-state index < -0.39 is 0 Å². The number of nitrogens with one attached hydrogen (secondary N) is 2. The van der Waals surface area contributed by atoms with Gasteiger partial charge in [-0.15, -0.1) is 0 Å². The molecule has 0 spiro atoms. The molecule has 0 unspecified atom stereocenters. The summed E-state index contributed by atoms with van der Waals surface area (Å²) >= 11 is 0. The van der Waals surface area contributed by atoms with Gasteiger partial charge >= 0.3 is 0 Å². The zero-order valence-electron chi connectivity index (χ0n) is 11.5. The Morgan fingerprint density at radius 3 is 2.80 bits per heavy atom. The van der Waals surface area contributed by atoms with Crippen molar-refractivity contribution in [3.8, 4) is 0 Å². The number of fused-ring (bicyclic) bond motifs is 1. The molecule has 4 nitrogen and oxygen atoms in total. The van der Waals surface area contributed by atoms with Crippen LogP contribution in [0.5, 0.6) is 0 Å². The maximum absolute atomic E-state index is 12.3. The van der Waals surface area contributed by atoms with E-state index in [1.165, 1.54) is 0 Å². The van der Waals surface area contributed by atoms with E-state index in [9.17, 15) is 9.59 Å². The minimum absolute atomic E-state index is 0.0252. The molecule has 0 atom stereocenters. The summed E-state index contributed by atoms with van der Waals surface area (Å²) in [7, 11) is 0. The maximum Gasteiger partial charge on any atom is 0.227 e. The van der Waals surface area contributed by atoms with E-state index in [1.807, 2.05) is 25.1 Å². The highest BCUT2D eigenvalue weighted by Crippen LogP contribution is 2.26. The summed E-state index contributed by atoms with van der Waals surface area (Å²) in [5.41, 5.74) is 2.85. The van der Waals surface area contributed by atoms with Crippen molar-refractivity contribution in [2.45, 2.75) is 32.6 Å². The molecule has 3 rings (SSSR count). The second kappa shape index (κ2) is 5.12. The molecule has 1 fully saturated rings. The first kappa shape index (κ1) is 12.9. The summed E-state index contributed by atoms with van der Waals surface area (Å²) in [6.45, 7) is 2.00. The van der Waals surface area contributed by atoms with Gasteiger partial charge in [0.05, 0.1) is 11.2 Å². The minimum atomic E-state index is -0.0426. The average Bonchev–Trinajstić information content (AvgIpc) is 2.81. The predicted octanol–water partition coefficient (Wildman–Crippen LogP) is 3.17. The monoisotopic (exact) mass is 270 g/mol. The van der Waals surface area contributed by atoms with Crippen LogP contribution in [0.1, 0.15) is 31.4 Å². The van der Waals surface area contributed by atoms with E-state index in [0.717, 1.165) is 22.3 Å². The zero-order chi connectivity index (χ0) is 14.1. The highest BCUT2D eigenvalue weighted by Gasteiger charge is 2.25. The molecular formula is C16H18N2O2. The summed E-state index contributed by atoms with van der Waals surface area (Å²) in [5, 5.41) is 4.10. The first-order valence-electron chi connectivity index (χ1n) is 7.04. The van der Waals surface area contributed by atoms with Crippen LogP contribution in [0, 0.1) is 12.8 Å². The van der Waals surface area contributed by atoms with Crippen molar-refractivity contribution in [2.24, 2.45) is 5.92 Å². The van der Waals surface area contributed by atoms with Crippen molar-refractivity contribution in [1.82, 2.24) is 4.98 Å². The number of ketones is 1. The lowest BCUT2D eigenvalue weighted by molar-refractivity contribution is -0.125. The Labute approximate surface area is 117 Å². The van der Waals surface area contributed by atoms with Gasteiger partial charge in [-0.3, -0.25) is 9.59 Å². The number of benzene rings is 1. The lowest BCUT2D eigenvalue weighted by Crippen LogP contribution is -2.27. The Kier molecular flexibility index (Phi) is 3.30. The Bertz CT molecular complexity index is 662. The molecule has 0 bridgehead atoms. The molecule has 1 aromatic carbocycles. The summed E-state index contributed by atoms with van der Waals surface area (Å²) in [6.07, 6.45) is 2.41. The Balaban J connectivity index is 1.79. The van der Waals surface area contributed by atoms with Gasteiger partial charge in [-0.2, -0.15) is 0 Å². The number of carbonyl (C=O) groups is 2. The number of para-hydroxylation sites is 1. The van der Waals surface area contributed by atoms with Crippen LogP contribution in [0.4, 0.5) is 5.69 Å². The van der Waals surface area contributed by atoms with Gasteiger partial charge in [-0.1, -0.05) is 12.1 Å². The van der Waals surface area contributed by atoms with Gasteiger partial charge in [0.15, 0.2) is 0 Å². The number of aromatic amines is 1.